The van der Waals surface area contributed by atoms with Crippen LogP contribution in [0.15, 0.2) is 51.5 Å². The predicted octanol–water partition coefficient (Wildman–Crippen LogP) is 4.10. The average Bonchev–Trinajstić information content (AvgIpc) is 2.93. The van der Waals surface area contributed by atoms with Crippen molar-refractivity contribution in [3.63, 3.8) is 0 Å². The molecule has 0 bridgehead atoms. The van der Waals surface area contributed by atoms with Gasteiger partial charge in [-0.1, -0.05) is 51.4 Å². The molecule has 0 aliphatic heterocycles. The number of hydrogen-bond acceptors (Lipinski definition) is 4. The second-order valence-corrected chi connectivity index (χ2v) is 5.64. The number of para-hydroxylation sites is 1. The summed E-state index contributed by atoms with van der Waals surface area (Å²) in [6, 6.07) is 13.0. The monoisotopic (exact) mass is 344 g/mol. The smallest absolute Gasteiger partial charge is 0.231 e. The fraction of sp³-hybridized carbons (Fsp3) is 0.125. The quantitative estimate of drug-likeness (QED) is 0.776. The number of benzene rings is 2. The first-order valence-corrected chi connectivity index (χ1v) is 7.29. The minimum atomic E-state index is 0.232. The van der Waals surface area contributed by atoms with Gasteiger partial charge in [0.05, 0.1) is 6.42 Å². The molecule has 0 amide bonds. The Balaban J connectivity index is 1.86. The first-order chi connectivity index (χ1) is 10.1. The Kier molecular flexibility index (Phi) is 3.75. The van der Waals surface area contributed by atoms with Crippen molar-refractivity contribution in [2.45, 2.75) is 13.3 Å². The molecule has 3 aromatic rings. The molecule has 0 saturated heterocycles. The van der Waals surface area contributed by atoms with E-state index in [0.717, 1.165) is 21.2 Å². The van der Waals surface area contributed by atoms with Crippen molar-refractivity contribution in [1.29, 1.82) is 0 Å². The zero-order valence-corrected chi connectivity index (χ0v) is 13.0. The van der Waals surface area contributed by atoms with E-state index >= 15 is 0 Å². The van der Waals surface area contributed by atoms with Gasteiger partial charge in [0.25, 0.3) is 0 Å². The summed E-state index contributed by atoms with van der Waals surface area (Å²) in [6.07, 6.45) is 0.409. The molecule has 0 fully saturated rings. The molecule has 4 nitrogen and oxygen atoms in total. The normalized spacial score (nSPS) is 10.8. The molecule has 1 N–H and O–H groups in total. The van der Waals surface area contributed by atoms with Gasteiger partial charge in [-0.15, -0.1) is 0 Å². The highest BCUT2D eigenvalue weighted by Gasteiger charge is 2.11. The molecule has 0 radical (unpaired) electrons. The van der Waals surface area contributed by atoms with Crippen LogP contribution in [0, 0.1) is 6.92 Å². The van der Waals surface area contributed by atoms with E-state index in [2.05, 4.69) is 26.1 Å². The number of phenolic OH excluding ortho intramolecular Hbond substituents is 1. The van der Waals surface area contributed by atoms with Crippen LogP contribution in [-0.2, 0) is 6.42 Å². The molecule has 106 valence electrons. The van der Waals surface area contributed by atoms with Crippen LogP contribution in [0.1, 0.15) is 17.0 Å². The molecule has 0 saturated carbocycles. The predicted molar refractivity (Wildman–Crippen MR) is 83.1 cm³/mol. The summed E-state index contributed by atoms with van der Waals surface area (Å²) in [4.78, 5) is 4.38. The highest BCUT2D eigenvalue weighted by atomic mass is 79.9. The Morgan fingerprint density at radius 3 is 2.76 bits per heavy atom. The van der Waals surface area contributed by atoms with Crippen molar-refractivity contribution in [3.8, 4) is 17.1 Å². The van der Waals surface area contributed by atoms with Gasteiger partial charge in [-0.2, -0.15) is 4.98 Å². The maximum atomic E-state index is 9.77. The molecule has 3 rings (SSSR count). The molecule has 0 spiro atoms. The van der Waals surface area contributed by atoms with Gasteiger partial charge in [0.15, 0.2) is 0 Å². The molecule has 0 atom stereocenters. The van der Waals surface area contributed by atoms with E-state index < -0.39 is 0 Å². The van der Waals surface area contributed by atoms with Gasteiger partial charge >= 0.3 is 0 Å². The lowest BCUT2D eigenvalue weighted by Crippen LogP contribution is -1.89. The maximum absolute atomic E-state index is 9.77. The molecule has 21 heavy (non-hydrogen) atoms. The third-order valence-electron chi connectivity index (χ3n) is 3.23. The van der Waals surface area contributed by atoms with Crippen LogP contribution in [-0.4, -0.2) is 15.2 Å². The molecule has 1 heterocycles. The van der Waals surface area contributed by atoms with Crippen LogP contribution in [0.5, 0.6) is 5.75 Å². The highest BCUT2D eigenvalue weighted by Crippen LogP contribution is 2.25. The summed E-state index contributed by atoms with van der Waals surface area (Å²) >= 11 is 3.49. The summed E-state index contributed by atoms with van der Waals surface area (Å²) in [5, 5.41) is 13.8. The second-order valence-electron chi connectivity index (χ2n) is 4.78. The zero-order valence-electron chi connectivity index (χ0n) is 11.4. The van der Waals surface area contributed by atoms with Crippen LogP contribution in [0.25, 0.3) is 11.4 Å². The zero-order chi connectivity index (χ0) is 14.8. The van der Waals surface area contributed by atoms with Gasteiger partial charge in [0.2, 0.25) is 11.7 Å². The van der Waals surface area contributed by atoms with Gasteiger partial charge in [-0.25, -0.2) is 0 Å². The summed E-state index contributed by atoms with van der Waals surface area (Å²) < 4.78 is 6.27. The minimum absolute atomic E-state index is 0.232. The number of nitrogens with zero attached hydrogens (tertiary/aromatic N) is 2. The van der Waals surface area contributed by atoms with Crippen molar-refractivity contribution < 1.29 is 9.63 Å². The van der Waals surface area contributed by atoms with E-state index in [1.165, 1.54) is 0 Å². The molecular weight excluding hydrogens is 332 g/mol. The number of aromatic nitrogens is 2. The van der Waals surface area contributed by atoms with Gasteiger partial charge in [0, 0.05) is 15.6 Å². The van der Waals surface area contributed by atoms with Crippen LogP contribution >= 0.6 is 15.9 Å². The van der Waals surface area contributed by atoms with Crippen molar-refractivity contribution in [1.82, 2.24) is 10.1 Å². The van der Waals surface area contributed by atoms with Crippen LogP contribution in [0.2, 0.25) is 0 Å². The number of aromatic hydroxyl groups is 1. The van der Waals surface area contributed by atoms with Crippen molar-refractivity contribution >= 4 is 15.9 Å². The largest absolute Gasteiger partial charge is 0.508 e. The summed E-state index contributed by atoms with van der Waals surface area (Å²) in [5.41, 5.74) is 2.80. The lowest BCUT2D eigenvalue weighted by atomic mass is 10.1. The van der Waals surface area contributed by atoms with E-state index in [0.29, 0.717) is 18.1 Å². The topological polar surface area (TPSA) is 59.2 Å². The first kappa shape index (κ1) is 13.8. The Labute approximate surface area is 130 Å². The summed E-state index contributed by atoms with van der Waals surface area (Å²) in [6.45, 7) is 2.02. The van der Waals surface area contributed by atoms with Gasteiger partial charge in [0.1, 0.15) is 5.75 Å². The third-order valence-corrected chi connectivity index (χ3v) is 4.09. The molecule has 0 aliphatic rings. The van der Waals surface area contributed by atoms with Crippen molar-refractivity contribution in [2.24, 2.45) is 0 Å². The standard InChI is InChI=1S/C16H13BrN2O2/c1-10-6-7-12(8-13(10)17)16-18-15(21-19-16)9-11-4-2-3-5-14(11)20/h2-8,20H,9H2,1H3. The molecular formula is C16H13BrN2O2. The Morgan fingerprint density at radius 2 is 2.00 bits per heavy atom. The van der Waals surface area contributed by atoms with Gasteiger partial charge < -0.3 is 9.63 Å². The highest BCUT2D eigenvalue weighted by molar-refractivity contribution is 9.10. The minimum Gasteiger partial charge on any atom is -0.508 e. The molecule has 1 aromatic heterocycles. The number of hydrogen-bond donors (Lipinski definition) is 1. The van der Waals surface area contributed by atoms with Crippen LogP contribution < -0.4 is 0 Å². The maximum Gasteiger partial charge on any atom is 0.231 e. The van der Waals surface area contributed by atoms with Crippen LogP contribution in [0.3, 0.4) is 0 Å². The number of rotatable bonds is 3. The van der Waals surface area contributed by atoms with E-state index in [-0.39, 0.29) is 5.75 Å². The van der Waals surface area contributed by atoms with Crippen molar-refractivity contribution in [2.75, 3.05) is 0 Å². The van der Waals surface area contributed by atoms with E-state index in [9.17, 15) is 5.11 Å². The van der Waals surface area contributed by atoms with E-state index in [1.54, 1.807) is 12.1 Å². The molecule has 0 unspecified atom stereocenters. The first-order valence-electron chi connectivity index (χ1n) is 6.49. The fourth-order valence-corrected chi connectivity index (χ4v) is 2.38. The van der Waals surface area contributed by atoms with Gasteiger partial charge in [-0.3, -0.25) is 0 Å². The lowest BCUT2D eigenvalue weighted by Gasteiger charge is -2.00. The molecule has 5 heteroatoms. The molecule has 0 aliphatic carbocycles. The van der Waals surface area contributed by atoms with E-state index in [4.69, 9.17) is 4.52 Å². The average molecular weight is 345 g/mol. The lowest BCUT2D eigenvalue weighted by molar-refractivity contribution is 0.383. The SMILES string of the molecule is Cc1ccc(-c2noc(Cc3ccccc3O)n2)cc1Br. The summed E-state index contributed by atoms with van der Waals surface area (Å²) in [7, 11) is 0. The van der Waals surface area contributed by atoms with Crippen LogP contribution in [0.4, 0.5) is 0 Å². The Morgan fingerprint density at radius 1 is 1.19 bits per heavy atom. The number of halogens is 1. The summed E-state index contributed by atoms with van der Waals surface area (Å²) in [5.74, 6) is 1.25. The number of phenols is 1. The fourth-order valence-electron chi connectivity index (χ4n) is 2.00. The van der Waals surface area contributed by atoms with E-state index in [1.807, 2.05) is 37.3 Å². The Hall–Kier alpha value is -2.14. The van der Waals surface area contributed by atoms with Gasteiger partial charge in [-0.05, 0) is 24.6 Å². The number of aryl methyl sites for hydroxylation is 1. The van der Waals surface area contributed by atoms with Crippen molar-refractivity contribution in [3.05, 3.63) is 64.0 Å². The second kappa shape index (κ2) is 5.69. The molecule has 2 aromatic carbocycles. The third kappa shape index (κ3) is 2.97. The Bertz CT molecular complexity index is 783.